The van der Waals surface area contributed by atoms with Crippen molar-refractivity contribution < 1.29 is 4.74 Å². The summed E-state index contributed by atoms with van der Waals surface area (Å²) in [6.45, 7) is 7.39. The minimum absolute atomic E-state index is 0.434. The highest BCUT2D eigenvalue weighted by molar-refractivity contribution is 5.25. The fraction of sp³-hybridized carbons (Fsp3) is 0.647. The minimum atomic E-state index is 0.434. The summed E-state index contributed by atoms with van der Waals surface area (Å²) < 4.78 is 5.60. The fourth-order valence-electron chi connectivity index (χ4n) is 2.78. The summed E-state index contributed by atoms with van der Waals surface area (Å²) >= 11 is 0. The largest absolute Gasteiger partial charge is 0.378 e. The number of rotatable bonds is 7. The smallest absolute Gasteiger partial charge is 0.0604 e. The van der Waals surface area contributed by atoms with Crippen molar-refractivity contribution in [2.45, 2.75) is 64.6 Å². The summed E-state index contributed by atoms with van der Waals surface area (Å²) in [4.78, 5) is 0. The summed E-state index contributed by atoms with van der Waals surface area (Å²) in [7, 11) is 0. The molecule has 0 spiro atoms. The summed E-state index contributed by atoms with van der Waals surface area (Å²) in [5, 5.41) is 3.69. The quantitative estimate of drug-likeness (QED) is 0.805. The highest BCUT2D eigenvalue weighted by Gasteiger charge is 2.30. The maximum absolute atomic E-state index is 5.60. The van der Waals surface area contributed by atoms with Crippen LogP contribution in [0.2, 0.25) is 0 Å². The molecule has 0 bridgehead atoms. The van der Waals surface area contributed by atoms with Gasteiger partial charge in [0.15, 0.2) is 0 Å². The van der Waals surface area contributed by atoms with Crippen molar-refractivity contribution in [2.24, 2.45) is 0 Å². The SMILES string of the molecule is CCCc1ccc(C(C)NC2CC(OCC)C2)cc1. The van der Waals surface area contributed by atoms with Crippen molar-refractivity contribution in [2.75, 3.05) is 6.61 Å². The molecular weight excluding hydrogens is 234 g/mol. The Bertz CT molecular complexity index is 367. The van der Waals surface area contributed by atoms with Gasteiger partial charge in [-0.25, -0.2) is 0 Å². The van der Waals surface area contributed by atoms with E-state index in [-0.39, 0.29) is 0 Å². The van der Waals surface area contributed by atoms with E-state index in [2.05, 4.69) is 50.4 Å². The average Bonchev–Trinajstić information content (AvgIpc) is 2.37. The van der Waals surface area contributed by atoms with Crippen LogP contribution in [0.1, 0.15) is 57.2 Å². The third kappa shape index (κ3) is 4.05. The molecule has 2 rings (SSSR count). The normalized spacial score (nSPS) is 23.9. The number of aryl methyl sites for hydroxylation is 1. The topological polar surface area (TPSA) is 21.3 Å². The Labute approximate surface area is 117 Å². The molecule has 0 amide bonds. The molecule has 1 atom stereocenters. The van der Waals surface area contributed by atoms with E-state index >= 15 is 0 Å². The van der Waals surface area contributed by atoms with Crippen LogP contribution in [0, 0.1) is 0 Å². The zero-order chi connectivity index (χ0) is 13.7. The Kier molecular flexibility index (Phi) is 5.41. The molecule has 0 saturated heterocycles. The van der Waals surface area contributed by atoms with E-state index in [1.54, 1.807) is 0 Å². The lowest BCUT2D eigenvalue weighted by atomic mass is 9.88. The highest BCUT2D eigenvalue weighted by atomic mass is 16.5. The zero-order valence-electron chi connectivity index (χ0n) is 12.5. The van der Waals surface area contributed by atoms with Gasteiger partial charge in [-0.1, -0.05) is 37.6 Å². The average molecular weight is 261 g/mol. The monoisotopic (exact) mass is 261 g/mol. The molecule has 0 aromatic heterocycles. The van der Waals surface area contributed by atoms with Gasteiger partial charge in [-0.15, -0.1) is 0 Å². The predicted octanol–water partition coefficient (Wildman–Crippen LogP) is 3.86. The third-order valence-electron chi connectivity index (χ3n) is 4.00. The van der Waals surface area contributed by atoms with Crippen LogP contribution in [0.15, 0.2) is 24.3 Å². The van der Waals surface area contributed by atoms with Crippen LogP contribution in [0.25, 0.3) is 0 Å². The molecule has 19 heavy (non-hydrogen) atoms. The number of hydrogen-bond acceptors (Lipinski definition) is 2. The standard InChI is InChI=1S/C17H27NO/c1-4-6-14-7-9-15(10-8-14)13(3)18-16-11-17(12-16)19-5-2/h7-10,13,16-18H,4-6,11-12H2,1-3H3. The first-order chi connectivity index (χ1) is 9.22. The van der Waals surface area contributed by atoms with E-state index in [4.69, 9.17) is 4.74 Å². The lowest BCUT2D eigenvalue weighted by Crippen LogP contribution is -2.46. The number of benzene rings is 1. The Morgan fingerprint density at radius 2 is 1.89 bits per heavy atom. The van der Waals surface area contributed by atoms with Gasteiger partial charge in [0.25, 0.3) is 0 Å². The fourth-order valence-corrected chi connectivity index (χ4v) is 2.78. The van der Waals surface area contributed by atoms with Crippen molar-refractivity contribution >= 4 is 0 Å². The predicted molar refractivity (Wildman–Crippen MR) is 80.4 cm³/mol. The molecule has 1 aromatic rings. The molecule has 0 radical (unpaired) electrons. The van der Waals surface area contributed by atoms with E-state index in [0.717, 1.165) is 19.4 Å². The van der Waals surface area contributed by atoms with E-state index in [1.165, 1.54) is 24.0 Å². The van der Waals surface area contributed by atoms with Crippen LogP contribution in [0.4, 0.5) is 0 Å². The second kappa shape index (κ2) is 7.06. The van der Waals surface area contributed by atoms with E-state index in [0.29, 0.717) is 18.2 Å². The summed E-state index contributed by atoms with van der Waals surface area (Å²) in [6, 6.07) is 10.1. The van der Waals surface area contributed by atoms with E-state index in [9.17, 15) is 0 Å². The number of nitrogens with one attached hydrogen (secondary N) is 1. The van der Waals surface area contributed by atoms with Gasteiger partial charge < -0.3 is 10.1 Å². The molecule has 1 fully saturated rings. The first kappa shape index (κ1) is 14.5. The summed E-state index contributed by atoms with van der Waals surface area (Å²) in [5.74, 6) is 0. The van der Waals surface area contributed by atoms with Crippen LogP contribution in [0.3, 0.4) is 0 Å². The molecular formula is C17H27NO. The lowest BCUT2D eigenvalue weighted by Gasteiger charge is -2.37. The summed E-state index contributed by atoms with van der Waals surface area (Å²) in [5.41, 5.74) is 2.83. The molecule has 1 saturated carbocycles. The number of hydrogen-bond donors (Lipinski definition) is 1. The minimum Gasteiger partial charge on any atom is -0.378 e. The third-order valence-corrected chi connectivity index (χ3v) is 4.00. The van der Waals surface area contributed by atoms with Gasteiger partial charge >= 0.3 is 0 Å². The molecule has 0 heterocycles. The molecule has 1 aliphatic carbocycles. The molecule has 2 heteroatoms. The first-order valence-corrected chi connectivity index (χ1v) is 7.69. The van der Waals surface area contributed by atoms with Crippen LogP contribution in [-0.2, 0) is 11.2 Å². The zero-order valence-corrected chi connectivity index (χ0v) is 12.5. The van der Waals surface area contributed by atoms with Crippen molar-refractivity contribution in [1.29, 1.82) is 0 Å². The van der Waals surface area contributed by atoms with Crippen LogP contribution < -0.4 is 5.32 Å². The van der Waals surface area contributed by atoms with Gasteiger partial charge in [0.2, 0.25) is 0 Å². The van der Waals surface area contributed by atoms with Gasteiger partial charge in [-0.3, -0.25) is 0 Å². The van der Waals surface area contributed by atoms with Gasteiger partial charge in [-0.05, 0) is 44.2 Å². The van der Waals surface area contributed by atoms with Gasteiger partial charge in [0.05, 0.1) is 6.10 Å². The Hall–Kier alpha value is -0.860. The van der Waals surface area contributed by atoms with Crippen molar-refractivity contribution in [3.63, 3.8) is 0 Å². The molecule has 2 nitrogen and oxygen atoms in total. The maximum atomic E-state index is 5.60. The van der Waals surface area contributed by atoms with Crippen molar-refractivity contribution in [1.82, 2.24) is 5.32 Å². The van der Waals surface area contributed by atoms with E-state index < -0.39 is 0 Å². The summed E-state index contributed by atoms with van der Waals surface area (Å²) in [6.07, 6.45) is 5.20. The molecule has 1 aliphatic rings. The molecule has 1 N–H and O–H groups in total. The van der Waals surface area contributed by atoms with Gasteiger partial charge in [0.1, 0.15) is 0 Å². The Morgan fingerprint density at radius 3 is 2.47 bits per heavy atom. The lowest BCUT2D eigenvalue weighted by molar-refractivity contribution is -0.0120. The van der Waals surface area contributed by atoms with E-state index in [1.807, 2.05) is 0 Å². The molecule has 106 valence electrons. The van der Waals surface area contributed by atoms with Crippen LogP contribution in [-0.4, -0.2) is 18.8 Å². The highest BCUT2D eigenvalue weighted by Crippen LogP contribution is 2.26. The second-order valence-corrected chi connectivity index (χ2v) is 5.63. The van der Waals surface area contributed by atoms with Gasteiger partial charge in [0, 0.05) is 18.7 Å². The maximum Gasteiger partial charge on any atom is 0.0604 e. The molecule has 1 aromatic carbocycles. The van der Waals surface area contributed by atoms with Crippen molar-refractivity contribution in [3.8, 4) is 0 Å². The molecule has 1 unspecified atom stereocenters. The van der Waals surface area contributed by atoms with Crippen LogP contribution >= 0.6 is 0 Å². The Balaban J connectivity index is 1.78. The second-order valence-electron chi connectivity index (χ2n) is 5.63. The van der Waals surface area contributed by atoms with Crippen molar-refractivity contribution in [3.05, 3.63) is 35.4 Å². The first-order valence-electron chi connectivity index (χ1n) is 7.69. The number of ether oxygens (including phenoxy) is 1. The Morgan fingerprint density at radius 1 is 1.21 bits per heavy atom. The van der Waals surface area contributed by atoms with Gasteiger partial charge in [-0.2, -0.15) is 0 Å². The van der Waals surface area contributed by atoms with Crippen LogP contribution in [0.5, 0.6) is 0 Å². The molecule has 0 aliphatic heterocycles.